The Hall–Kier alpha value is -1.69. The molecule has 0 aliphatic rings. The normalized spacial score (nSPS) is 13.6. The van der Waals surface area contributed by atoms with Crippen molar-refractivity contribution in [1.82, 2.24) is 5.32 Å². The van der Waals surface area contributed by atoms with Gasteiger partial charge in [0.1, 0.15) is 5.25 Å². The molecule has 23 heavy (non-hydrogen) atoms. The molecule has 1 aromatic rings. The summed E-state index contributed by atoms with van der Waals surface area (Å²) in [5.41, 5.74) is 2.17. The maximum absolute atomic E-state index is 12.2. The SMILES string of the molecule is Cc1ccc(CCC(C(=O)O)S(=O)CCC(=O)NC(C)C)cc1. The Morgan fingerprint density at radius 1 is 1.22 bits per heavy atom. The molecule has 0 aliphatic heterocycles. The first kappa shape index (κ1) is 19.4. The third-order valence-electron chi connectivity index (χ3n) is 3.39. The molecule has 0 radical (unpaired) electrons. The maximum Gasteiger partial charge on any atom is 0.319 e. The highest BCUT2D eigenvalue weighted by molar-refractivity contribution is 7.86. The number of hydrogen-bond donors (Lipinski definition) is 2. The second kappa shape index (κ2) is 9.45. The maximum atomic E-state index is 12.2. The van der Waals surface area contributed by atoms with E-state index < -0.39 is 22.0 Å². The van der Waals surface area contributed by atoms with Crippen LogP contribution in [0, 0.1) is 6.92 Å². The van der Waals surface area contributed by atoms with Crippen molar-refractivity contribution in [3.8, 4) is 0 Å². The van der Waals surface area contributed by atoms with E-state index in [9.17, 15) is 18.9 Å². The summed E-state index contributed by atoms with van der Waals surface area (Å²) in [5.74, 6) is -1.20. The van der Waals surface area contributed by atoms with Crippen LogP contribution in [0.15, 0.2) is 24.3 Å². The zero-order chi connectivity index (χ0) is 17.4. The first-order valence-electron chi connectivity index (χ1n) is 7.74. The fourth-order valence-corrected chi connectivity index (χ4v) is 3.43. The summed E-state index contributed by atoms with van der Waals surface area (Å²) in [4.78, 5) is 22.9. The Labute approximate surface area is 139 Å². The molecule has 2 N–H and O–H groups in total. The summed E-state index contributed by atoms with van der Waals surface area (Å²) in [5, 5.41) is 11.0. The largest absolute Gasteiger partial charge is 0.480 e. The number of aryl methyl sites for hydroxylation is 2. The van der Waals surface area contributed by atoms with Crippen molar-refractivity contribution in [2.45, 2.75) is 51.3 Å². The Kier molecular flexibility index (Phi) is 7.95. The summed E-state index contributed by atoms with van der Waals surface area (Å²) < 4.78 is 12.2. The molecule has 1 aromatic carbocycles. The standard InChI is InChI=1S/C17H25NO4S/c1-12(2)18-16(19)10-11-23(22)15(17(20)21)9-8-14-6-4-13(3)5-7-14/h4-7,12,15H,8-11H2,1-3H3,(H,18,19)(H,20,21). The van der Waals surface area contributed by atoms with Crippen LogP contribution in [0.4, 0.5) is 0 Å². The van der Waals surface area contributed by atoms with E-state index in [0.717, 1.165) is 11.1 Å². The summed E-state index contributed by atoms with van der Waals surface area (Å²) in [6.07, 6.45) is 0.942. The van der Waals surface area contributed by atoms with E-state index in [1.54, 1.807) is 0 Å². The van der Waals surface area contributed by atoms with Gasteiger partial charge in [-0.05, 0) is 39.2 Å². The predicted molar refractivity (Wildman–Crippen MR) is 91.8 cm³/mol. The van der Waals surface area contributed by atoms with Gasteiger partial charge in [-0.2, -0.15) is 0 Å². The van der Waals surface area contributed by atoms with Gasteiger partial charge in [-0.25, -0.2) is 0 Å². The molecule has 0 aliphatic carbocycles. The molecule has 0 aromatic heterocycles. The van der Waals surface area contributed by atoms with Gasteiger partial charge in [0.25, 0.3) is 0 Å². The lowest BCUT2D eigenvalue weighted by atomic mass is 10.1. The zero-order valence-corrected chi connectivity index (χ0v) is 14.7. The van der Waals surface area contributed by atoms with E-state index >= 15 is 0 Å². The molecule has 0 spiro atoms. The lowest BCUT2D eigenvalue weighted by Crippen LogP contribution is -2.33. The molecule has 0 bridgehead atoms. The Balaban J connectivity index is 2.53. The molecular weight excluding hydrogens is 314 g/mol. The number of amides is 1. The van der Waals surface area contributed by atoms with Crippen LogP contribution in [0.25, 0.3) is 0 Å². The molecule has 6 heteroatoms. The van der Waals surface area contributed by atoms with E-state index in [2.05, 4.69) is 5.32 Å². The van der Waals surface area contributed by atoms with E-state index in [-0.39, 0.29) is 24.1 Å². The topological polar surface area (TPSA) is 83.5 Å². The number of aliphatic carboxylic acids is 1. The lowest BCUT2D eigenvalue weighted by molar-refractivity contribution is -0.136. The quantitative estimate of drug-likeness (QED) is 0.721. The van der Waals surface area contributed by atoms with E-state index in [1.807, 2.05) is 45.0 Å². The molecule has 2 unspecified atom stereocenters. The van der Waals surface area contributed by atoms with Crippen LogP contribution < -0.4 is 5.32 Å². The first-order valence-corrected chi connectivity index (χ1v) is 9.12. The van der Waals surface area contributed by atoms with E-state index in [4.69, 9.17) is 0 Å². The first-order chi connectivity index (χ1) is 10.8. The summed E-state index contributed by atoms with van der Waals surface area (Å²) in [6.45, 7) is 5.67. The van der Waals surface area contributed by atoms with Gasteiger partial charge in [0.05, 0.1) is 0 Å². The molecule has 1 rings (SSSR count). The summed E-state index contributed by atoms with van der Waals surface area (Å²) in [6, 6.07) is 7.87. The average Bonchev–Trinajstić information content (AvgIpc) is 2.46. The van der Waals surface area contributed by atoms with Crippen LogP contribution in [-0.2, 0) is 26.8 Å². The smallest absolute Gasteiger partial charge is 0.319 e. The van der Waals surface area contributed by atoms with Gasteiger partial charge in [0.2, 0.25) is 5.91 Å². The molecule has 1 amide bonds. The average molecular weight is 339 g/mol. The van der Waals surface area contributed by atoms with Crippen LogP contribution in [0.2, 0.25) is 0 Å². The van der Waals surface area contributed by atoms with Crippen molar-refractivity contribution in [1.29, 1.82) is 0 Å². The fraction of sp³-hybridized carbons (Fsp3) is 0.529. The van der Waals surface area contributed by atoms with Crippen molar-refractivity contribution in [3.05, 3.63) is 35.4 Å². The number of carbonyl (C=O) groups excluding carboxylic acids is 1. The minimum atomic E-state index is -1.56. The molecule has 0 saturated heterocycles. The third-order valence-corrected chi connectivity index (χ3v) is 5.07. The lowest BCUT2D eigenvalue weighted by Gasteiger charge is -2.13. The second-order valence-electron chi connectivity index (χ2n) is 5.91. The van der Waals surface area contributed by atoms with Crippen molar-refractivity contribution in [3.63, 3.8) is 0 Å². The van der Waals surface area contributed by atoms with Gasteiger partial charge >= 0.3 is 5.97 Å². The van der Waals surface area contributed by atoms with Crippen LogP contribution in [0.5, 0.6) is 0 Å². The van der Waals surface area contributed by atoms with Crippen LogP contribution >= 0.6 is 0 Å². The number of rotatable bonds is 9. The number of carboxylic acids is 1. The third kappa shape index (κ3) is 7.41. The second-order valence-corrected chi connectivity index (χ2v) is 7.65. The van der Waals surface area contributed by atoms with Gasteiger partial charge in [-0.15, -0.1) is 0 Å². The molecule has 5 nitrogen and oxygen atoms in total. The number of carboxylic acid groups (broad SMARTS) is 1. The Bertz CT molecular complexity index is 554. The number of benzene rings is 1. The number of nitrogens with one attached hydrogen (secondary N) is 1. The predicted octanol–water partition coefficient (Wildman–Crippen LogP) is 2.04. The van der Waals surface area contributed by atoms with Crippen LogP contribution in [-0.4, -0.2) is 38.2 Å². The zero-order valence-electron chi connectivity index (χ0n) is 13.9. The summed E-state index contributed by atoms with van der Waals surface area (Å²) >= 11 is 0. The molecular formula is C17H25NO4S. The van der Waals surface area contributed by atoms with Gasteiger partial charge in [-0.1, -0.05) is 29.8 Å². The van der Waals surface area contributed by atoms with Crippen LogP contribution in [0.1, 0.15) is 37.8 Å². The van der Waals surface area contributed by atoms with Crippen molar-refractivity contribution in [2.75, 3.05) is 5.75 Å². The highest BCUT2D eigenvalue weighted by Gasteiger charge is 2.24. The van der Waals surface area contributed by atoms with Gasteiger partial charge in [-0.3, -0.25) is 13.8 Å². The fourth-order valence-electron chi connectivity index (χ4n) is 2.15. The van der Waals surface area contributed by atoms with Gasteiger partial charge < -0.3 is 10.4 Å². The molecule has 0 saturated carbocycles. The minimum absolute atomic E-state index is 0.0211. The van der Waals surface area contributed by atoms with Crippen molar-refractivity contribution >= 4 is 22.7 Å². The van der Waals surface area contributed by atoms with Gasteiger partial charge in [0.15, 0.2) is 0 Å². The van der Waals surface area contributed by atoms with Gasteiger partial charge in [0, 0.05) is 29.0 Å². The molecule has 128 valence electrons. The number of hydrogen-bond acceptors (Lipinski definition) is 3. The summed E-state index contributed by atoms with van der Waals surface area (Å²) in [7, 11) is -1.56. The van der Waals surface area contributed by atoms with Crippen molar-refractivity contribution < 1.29 is 18.9 Å². The molecule has 0 heterocycles. The molecule has 0 fully saturated rings. The van der Waals surface area contributed by atoms with E-state index in [1.165, 1.54) is 0 Å². The minimum Gasteiger partial charge on any atom is -0.480 e. The van der Waals surface area contributed by atoms with E-state index in [0.29, 0.717) is 12.8 Å². The Morgan fingerprint density at radius 3 is 2.35 bits per heavy atom. The number of carbonyl (C=O) groups is 2. The Morgan fingerprint density at radius 2 is 1.83 bits per heavy atom. The highest BCUT2D eigenvalue weighted by Crippen LogP contribution is 2.12. The van der Waals surface area contributed by atoms with Crippen molar-refractivity contribution in [2.24, 2.45) is 0 Å². The molecule has 2 atom stereocenters. The highest BCUT2D eigenvalue weighted by atomic mass is 32.2. The monoisotopic (exact) mass is 339 g/mol. The van der Waals surface area contributed by atoms with Crippen LogP contribution in [0.3, 0.4) is 0 Å².